The third-order valence-electron chi connectivity index (χ3n) is 13.9. The first-order valence-electron chi connectivity index (χ1n) is 24.2. The van der Waals surface area contributed by atoms with Crippen LogP contribution in [0.2, 0.25) is 23.2 Å². The predicted octanol–water partition coefficient (Wildman–Crippen LogP) is 10.6. The fourth-order valence-corrected chi connectivity index (χ4v) is 19.9. The number of ether oxygens (including phenoxy) is 1. The van der Waals surface area contributed by atoms with Crippen LogP contribution in [0.15, 0.2) is 189 Å². The number of esters is 1. The average Bonchev–Trinajstić information content (AvgIpc) is 3.36. The molecule has 1 amide bonds. The molecule has 1 aliphatic heterocycles. The van der Waals surface area contributed by atoms with E-state index in [9.17, 15) is 14.4 Å². The highest BCUT2D eigenvalue weighted by Gasteiger charge is 2.50. The molecular formula is C59H68NO6PSSi2. The number of rotatable bonds is 19. The van der Waals surface area contributed by atoms with E-state index in [1.165, 1.54) is 15.3 Å². The molecule has 1 saturated heterocycles. The summed E-state index contributed by atoms with van der Waals surface area (Å²) in [5, 5.41) is 4.58. The number of thioether (sulfide) groups is 1. The number of hydrogen-bond donors (Lipinski definition) is 0. The van der Waals surface area contributed by atoms with Crippen molar-refractivity contribution in [2.45, 2.75) is 88.9 Å². The normalized spacial score (nSPS) is 14.9. The minimum Gasteiger partial charge on any atom is -0.424 e. The SMILES string of the molecule is C=CC(OC(=O)CN1C[C@H](SC(=O)C(CCO[Si](C)(C)C(C)(C)C)c2ccc(CO[Si](c3ccccc3)(c3ccccc3)C(C)(C)C)cc2)C1=O)=P(c1ccccc1)(c1ccccc1)c1ccccc1. The molecule has 0 aliphatic carbocycles. The fourth-order valence-electron chi connectivity index (χ4n) is 9.12. The van der Waals surface area contributed by atoms with E-state index in [2.05, 4.69) is 158 Å². The van der Waals surface area contributed by atoms with Gasteiger partial charge in [0.15, 0.2) is 13.4 Å². The molecule has 1 aliphatic rings. The van der Waals surface area contributed by atoms with Crippen LogP contribution in [0.1, 0.15) is 65.0 Å². The zero-order chi connectivity index (χ0) is 50.2. The lowest BCUT2D eigenvalue weighted by atomic mass is 9.96. The van der Waals surface area contributed by atoms with E-state index in [0.717, 1.165) is 38.8 Å². The second-order valence-electron chi connectivity index (χ2n) is 20.5. The van der Waals surface area contributed by atoms with Crippen LogP contribution in [0.25, 0.3) is 0 Å². The van der Waals surface area contributed by atoms with Gasteiger partial charge in [-0.05, 0) is 73.1 Å². The molecule has 0 bridgehead atoms. The molecule has 11 heteroatoms. The van der Waals surface area contributed by atoms with Crippen molar-refractivity contribution < 1.29 is 28.0 Å². The van der Waals surface area contributed by atoms with E-state index in [4.69, 9.17) is 13.6 Å². The van der Waals surface area contributed by atoms with E-state index < -0.39 is 40.7 Å². The van der Waals surface area contributed by atoms with Gasteiger partial charge in [0.05, 0.1) is 12.5 Å². The van der Waals surface area contributed by atoms with Crippen LogP contribution in [0.5, 0.6) is 0 Å². The van der Waals surface area contributed by atoms with Crippen molar-refractivity contribution >= 4 is 84.0 Å². The quantitative estimate of drug-likeness (QED) is 0.0346. The van der Waals surface area contributed by atoms with Gasteiger partial charge in [0.25, 0.3) is 8.32 Å². The average molecular weight is 1010 g/mol. The highest BCUT2D eigenvalue weighted by molar-refractivity contribution is 8.14. The van der Waals surface area contributed by atoms with Gasteiger partial charge < -0.3 is 18.5 Å². The lowest BCUT2D eigenvalue weighted by Gasteiger charge is -2.43. The first kappa shape index (κ1) is 52.5. The Morgan fingerprint density at radius 3 is 1.56 bits per heavy atom. The molecule has 1 unspecified atom stereocenters. The van der Waals surface area contributed by atoms with E-state index in [0.29, 0.717) is 25.1 Å². The molecule has 70 heavy (non-hydrogen) atoms. The summed E-state index contributed by atoms with van der Waals surface area (Å²) in [4.78, 5) is 43.7. The summed E-state index contributed by atoms with van der Waals surface area (Å²) in [6, 6.07) is 59.7. The van der Waals surface area contributed by atoms with Crippen LogP contribution in [0, 0.1) is 0 Å². The van der Waals surface area contributed by atoms with Crippen LogP contribution < -0.4 is 26.3 Å². The molecule has 6 aromatic rings. The molecule has 0 saturated carbocycles. The Bertz CT molecular complexity index is 2640. The third kappa shape index (κ3) is 11.2. The van der Waals surface area contributed by atoms with E-state index in [-0.39, 0.29) is 34.2 Å². The van der Waals surface area contributed by atoms with Gasteiger partial charge in [-0.2, -0.15) is 0 Å². The second-order valence-corrected chi connectivity index (χ2v) is 34.1. The first-order chi connectivity index (χ1) is 33.4. The molecule has 7 nitrogen and oxygen atoms in total. The Kier molecular flexibility index (Phi) is 16.8. The van der Waals surface area contributed by atoms with Gasteiger partial charge in [0.2, 0.25) is 5.91 Å². The molecule has 6 aromatic carbocycles. The fraction of sp³-hybridized carbons (Fsp3) is 0.288. The van der Waals surface area contributed by atoms with Crippen LogP contribution in [0.3, 0.4) is 0 Å². The standard InChI is InChI=1S/C59H68NO6PSSi2/c1-10-55(67(47-26-16-11-17-27-47,48-28-18-12-19-29-48)49-30-20-13-21-31-49)66-54(61)43-60-42-53(56(60)62)68-57(63)52(40-41-64-69(8,9)58(2,3)4)46-38-36-45(37-39-46)44-65-70(59(5,6)7,50-32-22-14-23-33-50)51-34-24-15-25-35-51/h10-39,52-53H,1,40-44H2,2-9H3/t52?,53-/m0/s1. The molecule has 0 N–H and O–H groups in total. The smallest absolute Gasteiger partial charge is 0.331 e. The number of β-lactam (4-membered cyclic amide) rings is 1. The Morgan fingerprint density at radius 1 is 0.686 bits per heavy atom. The van der Waals surface area contributed by atoms with Gasteiger partial charge in [-0.3, -0.25) is 9.59 Å². The number of nitrogens with zero attached hydrogens (tertiary/aromatic N) is 1. The minimum absolute atomic E-state index is 0.00896. The third-order valence-corrected chi connectivity index (χ3v) is 28.7. The molecule has 1 fully saturated rings. The summed E-state index contributed by atoms with van der Waals surface area (Å²) in [5.74, 6) is -1.34. The number of carbonyl (C=O) groups excluding carboxylic acids is 3. The zero-order valence-corrected chi connectivity index (χ0v) is 45.7. The van der Waals surface area contributed by atoms with Crippen LogP contribution in [-0.4, -0.2) is 69.0 Å². The highest BCUT2D eigenvalue weighted by Crippen LogP contribution is 2.47. The van der Waals surface area contributed by atoms with Crippen molar-refractivity contribution in [3.63, 3.8) is 0 Å². The van der Waals surface area contributed by atoms with Crippen molar-refractivity contribution in [1.29, 1.82) is 0 Å². The molecule has 0 spiro atoms. The maximum Gasteiger partial charge on any atom is 0.331 e. The van der Waals surface area contributed by atoms with Crippen molar-refractivity contribution in [3.8, 4) is 0 Å². The number of hydrogen-bond acceptors (Lipinski definition) is 7. The summed E-state index contributed by atoms with van der Waals surface area (Å²) >= 11 is 1.06. The van der Waals surface area contributed by atoms with E-state index in [1.54, 1.807) is 6.08 Å². The maximum atomic E-state index is 14.5. The van der Waals surface area contributed by atoms with E-state index >= 15 is 0 Å². The molecule has 1 heterocycles. The molecule has 364 valence electrons. The van der Waals surface area contributed by atoms with Gasteiger partial charge in [0, 0.05) is 20.0 Å². The van der Waals surface area contributed by atoms with Crippen LogP contribution in [-0.2, 0) is 34.6 Å². The van der Waals surface area contributed by atoms with Gasteiger partial charge in [-0.15, -0.1) is 0 Å². The number of benzene rings is 6. The summed E-state index contributed by atoms with van der Waals surface area (Å²) in [6.07, 6.45) is 2.11. The van der Waals surface area contributed by atoms with Crippen LogP contribution >= 0.6 is 18.6 Å². The second kappa shape index (κ2) is 22.4. The maximum absolute atomic E-state index is 14.5. The van der Waals surface area contributed by atoms with Crippen molar-refractivity contribution in [3.05, 3.63) is 200 Å². The molecule has 2 atom stereocenters. The zero-order valence-electron chi connectivity index (χ0n) is 42.0. The summed E-state index contributed by atoms with van der Waals surface area (Å²) in [7, 11) is -4.88. The lowest BCUT2D eigenvalue weighted by Crippen LogP contribution is -2.66. The highest BCUT2D eigenvalue weighted by atomic mass is 32.2. The Hall–Kier alpha value is -5.33. The monoisotopic (exact) mass is 1010 g/mol. The Balaban J connectivity index is 1.09. The van der Waals surface area contributed by atoms with E-state index in [1.807, 2.05) is 78.9 Å². The molecule has 0 radical (unpaired) electrons. The molecule has 7 rings (SSSR count). The van der Waals surface area contributed by atoms with Gasteiger partial charge >= 0.3 is 5.97 Å². The van der Waals surface area contributed by atoms with Gasteiger partial charge in [-0.25, -0.2) is 4.79 Å². The first-order valence-corrected chi connectivity index (χ1v) is 31.6. The van der Waals surface area contributed by atoms with Crippen LogP contribution in [0.4, 0.5) is 0 Å². The number of likely N-dealkylation sites (tertiary alicyclic amines) is 1. The minimum atomic E-state index is -2.78. The topological polar surface area (TPSA) is 82.1 Å². The Labute approximate surface area is 422 Å². The summed E-state index contributed by atoms with van der Waals surface area (Å²) < 4.78 is 20.2. The van der Waals surface area contributed by atoms with Crippen molar-refractivity contribution in [2.75, 3.05) is 19.7 Å². The molecular weight excluding hydrogens is 938 g/mol. The lowest BCUT2D eigenvalue weighted by molar-refractivity contribution is -0.148. The number of carbonyl (C=O) groups is 3. The number of amides is 1. The predicted molar refractivity (Wildman–Crippen MR) is 299 cm³/mol. The summed E-state index contributed by atoms with van der Waals surface area (Å²) in [5.41, 5.74) is 2.32. The summed E-state index contributed by atoms with van der Waals surface area (Å²) in [6.45, 7) is 20.1. The molecule has 0 aromatic heterocycles. The Morgan fingerprint density at radius 2 is 1.14 bits per heavy atom. The van der Waals surface area contributed by atoms with Gasteiger partial charge in [-0.1, -0.05) is 236 Å². The van der Waals surface area contributed by atoms with Gasteiger partial charge in [0.1, 0.15) is 17.3 Å². The van der Waals surface area contributed by atoms with Crippen molar-refractivity contribution in [1.82, 2.24) is 4.90 Å². The largest absolute Gasteiger partial charge is 0.424 e. The van der Waals surface area contributed by atoms with Crippen molar-refractivity contribution in [2.24, 2.45) is 0 Å².